The number of halogens is 2. The first-order valence-corrected chi connectivity index (χ1v) is 7.18. The minimum absolute atomic E-state index is 0.131. The molecule has 0 radical (unpaired) electrons. The van der Waals surface area contributed by atoms with Crippen molar-refractivity contribution in [3.63, 3.8) is 0 Å². The molecule has 0 unspecified atom stereocenters. The van der Waals surface area contributed by atoms with Crippen LogP contribution >= 0.6 is 23.1 Å². The minimum atomic E-state index is -2.52. The van der Waals surface area contributed by atoms with E-state index in [0.29, 0.717) is 33.2 Å². The highest BCUT2D eigenvalue weighted by atomic mass is 32.2. The summed E-state index contributed by atoms with van der Waals surface area (Å²) in [5.41, 5.74) is 0.868. The van der Waals surface area contributed by atoms with Crippen LogP contribution in [0.15, 0.2) is 29.2 Å². The van der Waals surface area contributed by atoms with Crippen molar-refractivity contribution >= 4 is 39.9 Å². The molecule has 2 aromatic rings. The van der Waals surface area contributed by atoms with Crippen molar-refractivity contribution in [1.82, 2.24) is 4.98 Å². The molecule has 4 nitrogen and oxygen atoms in total. The molecule has 20 heavy (non-hydrogen) atoms. The first kappa shape index (κ1) is 14.7. The number of carboxylic acids is 1. The van der Waals surface area contributed by atoms with E-state index in [0.717, 1.165) is 11.3 Å². The first-order chi connectivity index (χ1) is 9.47. The van der Waals surface area contributed by atoms with Crippen molar-refractivity contribution in [2.24, 2.45) is 0 Å². The normalized spacial score (nSPS) is 10.8. The molecular formula is C12H10F2N2O2S2. The largest absolute Gasteiger partial charge is 0.477 e. The fraction of sp³-hybridized carbons (Fsp3) is 0.167. The van der Waals surface area contributed by atoms with Gasteiger partial charge in [-0.05, 0) is 19.1 Å². The summed E-state index contributed by atoms with van der Waals surface area (Å²) in [5.74, 6) is -3.58. The predicted octanol–water partition coefficient (Wildman–Crippen LogP) is 4.21. The third kappa shape index (κ3) is 3.45. The lowest BCUT2D eigenvalue weighted by molar-refractivity contribution is 0.0701. The number of nitrogens with one attached hydrogen (secondary N) is 1. The molecular weight excluding hydrogens is 306 g/mol. The van der Waals surface area contributed by atoms with Crippen molar-refractivity contribution in [2.45, 2.75) is 17.6 Å². The molecule has 0 aliphatic carbocycles. The number of para-hydroxylation sites is 1. The van der Waals surface area contributed by atoms with E-state index in [-0.39, 0.29) is 4.88 Å². The van der Waals surface area contributed by atoms with Crippen LogP contribution in [0.25, 0.3) is 0 Å². The summed E-state index contributed by atoms with van der Waals surface area (Å²) in [4.78, 5) is 15.5. The van der Waals surface area contributed by atoms with Gasteiger partial charge in [0.05, 0.1) is 11.4 Å². The van der Waals surface area contributed by atoms with Crippen LogP contribution in [-0.4, -0.2) is 21.8 Å². The smallest absolute Gasteiger partial charge is 0.347 e. The Labute approximate surface area is 121 Å². The number of rotatable bonds is 5. The Morgan fingerprint density at radius 1 is 1.45 bits per heavy atom. The van der Waals surface area contributed by atoms with Gasteiger partial charge in [-0.1, -0.05) is 35.2 Å². The molecule has 0 bridgehead atoms. The average Bonchev–Trinajstić information content (AvgIpc) is 2.72. The van der Waals surface area contributed by atoms with Crippen molar-refractivity contribution in [3.05, 3.63) is 34.8 Å². The second-order valence-corrected chi connectivity index (χ2v) is 5.77. The topological polar surface area (TPSA) is 62.2 Å². The molecule has 2 N–H and O–H groups in total. The number of thioether (sulfide) groups is 1. The van der Waals surface area contributed by atoms with Crippen molar-refractivity contribution < 1.29 is 18.7 Å². The second-order valence-electron chi connectivity index (χ2n) is 3.74. The van der Waals surface area contributed by atoms with E-state index >= 15 is 0 Å². The summed E-state index contributed by atoms with van der Waals surface area (Å²) in [6.07, 6.45) is 0. The Kier molecular flexibility index (Phi) is 4.56. The van der Waals surface area contributed by atoms with Crippen LogP contribution in [0.3, 0.4) is 0 Å². The van der Waals surface area contributed by atoms with Gasteiger partial charge in [0, 0.05) is 4.90 Å². The molecule has 1 heterocycles. The quantitative estimate of drug-likeness (QED) is 0.809. The predicted molar refractivity (Wildman–Crippen MR) is 75.4 cm³/mol. The number of nitrogens with zero attached hydrogens (tertiary/aromatic N) is 1. The molecule has 0 fully saturated rings. The minimum Gasteiger partial charge on any atom is -0.477 e. The summed E-state index contributed by atoms with van der Waals surface area (Å²) in [7, 11) is 0. The van der Waals surface area contributed by atoms with Crippen LogP contribution in [0, 0.1) is 6.92 Å². The maximum Gasteiger partial charge on any atom is 0.347 e. The molecule has 0 saturated carbocycles. The van der Waals surface area contributed by atoms with Crippen molar-refractivity contribution in [3.8, 4) is 0 Å². The zero-order valence-electron chi connectivity index (χ0n) is 10.3. The highest BCUT2D eigenvalue weighted by Crippen LogP contribution is 2.34. The number of alkyl halides is 2. The number of hydrogen-bond donors (Lipinski definition) is 2. The Balaban J connectivity index is 2.26. The van der Waals surface area contributed by atoms with E-state index in [1.54, 1.807) is 31.2 Å². The number of anilines is 2. The molecule has 0 saturated heterocycles. The Bertz CT molecular complexity index is 632. The SMILES string of the molecule is Cc1nc(Nc2ccccc2SC(F)F)sc1C(=O)O. The van der Waals surface area contributed by atoms with Crippen LogP contribution in [0.2, 0.25) is 0 Å². The van der Waals surface area contributed by atoms with E-state index in [9.17, 15) is 13.6 Å². The van der Waals surface area contributed by atoms with E-state index < -0.39 is 11.7 Å². The van der Waals surface area contributed by atoms with Crippen LogP contribution in [-0.2, 0) is 0 Å². The molecule has 106 valence electrons. The number of aryl methyl sites for hydroxylation is 1. The summed E-state index contributed by atoms with van der Waals surface area (Å²) in [6.45, 7) is 1.59. The molecule has 0 atom stereocenters. The third-order valence-electron chi connectivity index (χ3n) is 2.34. The molecule has 1 aromatic carbocycles. The summed E-state index contributed by atoms with van der Waals surface area (Å²) < 4.78 is 24.9. The Hall–Kier alpha value is -1.67. The Morgan fingerprint density at radius 3 is 2.75 bits per heavy atom. The van der Waals surface area contributed by atoms with Gasteiger partial charge >= 0.3 is 5.97 Å². The summed E-state index contributed by atoms with van der Waals surface area (Å²) in [6, 6.07) is 6.57. The highest BCUT2D eigenvalue weighted by Gasteiger charge is 2.15. The molecule has 0 amide bonds. The number of aromatic nitrogens is 1. The fourth-order valence-corrected chi connectivity index (χ4v) is 2.94. The fourth-order valence-electron chi connectivity index (χ4n) is 1.53. The molecule has 8 heteroatoms. The van der Waals surface area contributed by atoms with Gasteiger partial charge in [0.1, 0.15) is 4.88 Å². The zero-order chi connectivity index (χ0) is 14.7. The standard InChI is InChI=1S/C12H10F2N2O2S2/c1-6-9(10(17)18)20-12(15-6)16-7-4-2-3-5-8(7)19-11(13)14/h2-5,11H,1H3,(H,15,16)(H,17,18). The molecule has 0 aliphatic heterocycles. The monoisotopic (exact) mass is 316 g/mol. The van der Waals surface area contributed by atoms with Crippen LogP contribution < -0.4 is 5.32 Å². The summed E-state index contributed by atoms with van der Waals surface area (Å²) in [5, 5.41) is 12.2. The second kappa shape index (κ2) is 6.19. The van der Waals surface area contributed by atoms with Gasteiger partial charge in [0.2, 0.25) is 0 Å². The lowest BCUT2D eigenvalue weighted by Crippen LogP contribution is -1.94. The highest BCUT2D eigenvalue weighted by molar-refractivity contribution is 7.99. The van der Waals surface area contributed by atoms with Crippen LogP contribution in [0.4, 0.5) is 19.6 Å². The van der Waals surface area contributed by atoms with Gasteiger partial charge in [-0.2, -0.15) is 8.78 Å². The molecule has 0 spiro atoms. The van der Waals surface area contributed by atoms with Gasteiger partial charge in [-0.3, -0.25) is 0 Å². The van der Waals surface area contributed by atoms with Gasteiger partial charge < -0.3 is 10.4 Å². The number of carboxylic acid groups (broad SMARTS) is 1. The molecule has 1 aromatic heterocycles. The number of hydrogen-bond acceptors (Lipinski definition) is 5. The average molecular weight is 316 g/mol. The molecule has 0 aliphatic rings. The number of aromatic carboxylic acids is 1. The lowest BCUT2D eigenvalue weighted by atomic mass is 10.3. The van der Waals surface area contributed by atoms with E-state index in [1.165, 1.54) is 0 Å². The van der Waals surface area contributed by atoms with E-state index in [4.69, 9.17) is 5.11 Å². The zero-order valence-corrected chi connectivity index (χ0v) is 11.9. The lowest BCUT2D eigenvalue weighted by Gasteiger charge is -2.08. The van der Waals surface area contributed by atoms with Gasteiger partial charge in [-0.25, -0.2) is 9.78 Å². The van der Waals surface area contributed by atoms with Crippen molar-refractivity contribution in [2.75, 3.05) is 5.32 Å². The number of benzene rings is 1. The van der Waals surface area contributed by atoms with Gasteiger partial charge in [0.25, 0.3) is 5.76 Å². The van der Waals surface area contributed by atoms with Gasteiger partial charge in [-0.15, -0.1) is 0 Å². The third-order valence-corrected chi connectivity index (χ3v) is 4.18. The van der Waals surface area contributed by atoms with E-state index in [1.807, 2.05) is 0 Å². The summed E-state index contributed by atoms with van der Waals surface area (Å²) >= 11 is 1.40. The van der Waals surface area contributed by atoms with Crippen molar-refractivity contribution in [1.29, 1.82) is 0 Å². The maximum absolute atomic E-state index is 12.5. The van der Waals surface area contributed by atoms with Crippen LogP contribution in [0.5, 0.6) is 0 Å². The first-order valence-electron chi connectivity index (χ1n) is 5.49. The Morgan fingerprint density at radius 2 is 2.15 bits per heavy atom. The number of thiazole rings is 1. The number of carbonyl (C=O) groups is 1. The van der Waals surface area contributed by atoms with E-state index in [2.05, 4.69) is 10.3 Å². The van der Waals surface area contributed by atoms with Gasteiger partial charge in [0.15, 0.2) is 5.13 Å². The maximum atomic E-state index is 12.5. The van der Waals surface area contributed by atoms with Crippen LogP contribution in [0.1, 0.15) is 15.4 Å². The molecule has 2 rings (SSSR count).